The Kier molecular flexibility index (Phi) is 5.26. The molecule has 2 aromatic heterocycles. The molecule has 0 saturated carbocycles. The Morgan fingerprint density at radius 1 is 1.26 bits per heavy atom. The Bertz CT molecular complexity index is 979. The van der Waals surface area contributed by atoms with Gasteiger partial charge in [0.15, 0.2) is 0 Å². The summed E-state index contributed by atoms with van der Waals surface area (Å²) in [6.45, 7) is 5.26. The number of nitrogens with one attached hydrogen (secondary N) is 1. The van der Waals surface area contributed by atoms with Crippen LogP contribution in [-0.2, 0) is 11.3 Å². The van der Waals surface area contributed by atoms with Gasteiger partial charge in [-0.25, -0.2) is 9.78 Å². The second-order valence-corrected chi connectivity index (χ2v) is 7.10. The van der Waals surface area contributed by atoms with Crippen molar-refractivity contribution in [3.8, 4) is 11.4 Å². The van der Waals surface area contributed by atoms with Crippen molar-refractivity contribution < 1.29 is 14.7 Å². The summed E-state index contributed by atoms with van der Waals surface area (Å²) in [5.41, 5.74) is 2.38. The van der Waals surface area contributed by atoms with Crippen LogP contribution in [0.3, 0.4) is 0 Å². The first kappa shape index (κ1) is 18.6. The molecule has 3 aromatic rings. The fraction of sp³-hybridized carbons (Fsp3) is 0.294. The smallest absolute Gasteiger partial charge is 0.347 e. The number of carbonyl (C=O) groups is 2. The number of carbonyl (C=O) groups excluding carboxylic acids is 1. The molecule has 1 unspecified atom stereocenters. The molecule has 2 heterocycles. The van der Waals surface area contributed by atoms with Crippen LogP contribution in [-0.4, -0.2) is 42.2 Å². The number of carboxylic acid groups (broad SMARTS) is 1. The van der Waals surface area contributed by atoms with Crippen LogP contribution in [0.15, 0.2) is 24.3 Å². The zero-order valence-electron chi connectivity index (χ0n) is 15.0. The Morgan fingerprint density at radius 3 is 2.59 bits per heavy atom. The van der Waals surface area contributed by atoms with Gasteiger partial charge >= 0.3 is 5.97 Å². The lowest BCUT2D eigenvalue weighted by atomic mass is 10.1. The number of hydrogen-bond donors (Lipinski definition) is 2. The standard InChI is InChI=1S/C17H18N6O3S/c1-9-4-6-12(7-5-9)15-20-22-23(21-15)8-13(24)18-11(3)16-19-10(2)14(27-16)17(25)26/h4-7,11H,8H2,1-3H3,(H,18,24)(H,25,26). The van der Waals surface area contributed by atoms with E-state index in [-0.39, 0.29) is 17.3 Å². The second-order valence-electron chi connectivity index (χ2n) is 6.07. The third-order valence-corrected chi connectivity index (χ3v) is 5.13. The number of tetrazole rings is 1. The Labute approximate surface area is 159 Å². The Balaban J connectivity index is 1.63. The van der Waals surface area contributed by atoms with E-state index < -0.39 is 12.0 Å². The molecule has 3 rings (SSSR count). The minimum atomic E-state index is -1.02. The molecule has 27 heavy (non-hydrogen) atoms. The first-order valence-electron chi connectivity index (χ1n) is 8.18. The van der Waals surface area contributed by atoms with Gasteiger partial charge in [0.05, 0.1) is 11.7 Å². The van der Waals surface area contributed by atoms with Crippen molar-refractivity contribution in [2.75, 3.05) is 0 Å². The van der Waals surface area contributed by atoms with E-state index in [0.717, 1.165) is 22.5 Å². The van der Waals surface area contributed by atoms with Gasteiger partial charge in [-0.2, -0.15) is 4.80 Å². The Hall–Kier alpha value is -3.14. The van der Waals surface area contributed by atoms with Crippen LogP contribution >= 0.6 is 11.3 Å². The number of benzene rings is 1. The highest BCUT2D eigenvalue weighted by Gasteiger charge is 2.19. The van der Waals surface area contributed by atoms with Crippen molar-refractivity contribution in [3.05, 3.63) is 45.4 Å². The summed E-state index contributed by atoms with van der Waals surface area (Å²) in [5, 5.41) is 24.5. The van der Waals surface area contributed by atoms with E-state index in [0.29, 0.717) is 16.5 Å². The Morgan fingerprint density at radius 2 is 1.96 bits per heavy atom. The molecule has 10 heteroatoms. The third kappa shape index (κ3) is 4.34. The van der Waals surface area contributed by atoms with E-state index in [2.05, 4.69) is 25.7 Å². The van der Waals surface area contributed by atoms with Crippen LogP contribution in [0.1, 0.15) is 38.9 Å². The number of hydrogen-bond acceptors (Lipinski definition) is 7. The molecule has 0 radical (unpaired) electrons. The summed E-state index contributed by atoms with van der Waals surface area (Å²) in [6, 6.07) is 7.26. The molecule has 1 amide bonds. The highest BCUT2D eigenvalue weighted by molar-refractivity contribution is 7.13. The first-order chi connectivity index (χ1) is 12.8. The van der Waals surface area contributed by atoms with E-state index in [1.54, 1.807) is 13.8 Å². The molecule has 0 saturated heterocycles. The SMILES string of the molecule is Cc1ccc(-c2nnn(CC(=O)NC(C)c3nc(C)c(C(=O)O)s3)n2)cc1. The maximum absolute atomic E-state index is 12.2. The average Bonchev–Trinajstić information content (AvgIpc) is 3.22. The number of aromatic carboxylic acids is 1. The molecule has 2 N–H and O–H groups in total. The van der Waals surface area contributed by atoms with Gasteiger partial charge in [0.1, 0.15) is 16.4 Å². The van der Waals surface area contributed by atoms with Crippen molar-refractivity contribution in [3.63, 3.8) is 0 Å². The van der Waals surface area contributed by atoms with Crippen LogP contribution < -0.4 is 5.32 Å². The summed E-state index contributed by atoms with van der Waals surface area (Å²) < 4.78 is 0. The van der Waals surface area contributed by atoms with Gasteiger partial charge < -0.3 is 10.4 Å². The molecule has 0 aliphatic carbocycles. The molecule has 0 spiro atoms. The summed E-state index contributed by atoms with van der Waals surface area (Å²) in [7, 11) is 0. The summed E-state index contributed by atoms with van der Waals surface area (Å²) in [5.74, 6) is -0.900. The molecule has 0 aliphatic rings. The number of aryl methyl sites for hydroxylation is 2. The van der Waals surface area contributed by atoms with Crippen LogP contribution in [0.25, 0.3) is 11.4 Å². The molecule has 0 aliphatic heterocycles. The van der Waals surface area contributed by atoms with E-state index in [4.69, 9.17) is 5.11 Å². The number of carboxylic acids is 1. The monoisotopic (exact) mass is 386 g/mol. The molecule has 1 atom stereocenters. The number of amides is 1. The van der Waals surface area contributed by atoms with Crippen molar-refractivity contribution >= 4 is 23.2 Å². The number of thiazole rings is 1. The fourth-order valence-electron chi connectivity index (χ4n) is 2.41. The predicted octanol–water partition coefficient (Wildman–Crippen LogP) is 1.99. The van der Waals surface area contributed by atoms with E-state index in [9.17, 15) is 9.59 Å². The van der Waals surface area contributed by atoms with Crippen molar-refractivity contribution in [2.45, 2.75) is 33.4 Å². The van der Waals surface area contributed by atoms with Crippen molar-refractivity contribution in [1.82, 2.24) is 30.5 Å². The second kappa shape index (κ2) is 7.62. The van der Waals surface area contributed by atoms with E-state index in [1.807, 2.05) is 31.2 Å². The maximum Gasteiger partial charge on any atom is 0.347 e. The largest absolute Gasteiger partial charge is 0.477 e. The van der Waals surface area contributed by atoms with Crippen LogP contribution in [0.4, 0.5) is 0 Å². The van der Waals surface area contributed by atoms with Gasteiger partial charge in [0, 0.05) is 5.56 Å². The normalized spacial score (nSPS) is 12.0. The quantitative estimate of drug-likeness (QED) is 0.664. The molecule has 0 fully saturated rings. The highest BCUT2D eigenvalue weighted by Crippen LogP contribution is 2.23. The van der Waals surface area contributed by atoms with Gasteiger partial charge in [0.25, 0.3) is 0 Å². The first-order valence-corrected chi connectivity index (χ1v) is 9.00. The molecular weight excluding hydrogens is 368 g/mol. The maximum atomic E-state index is 12.2. The van der Waals surface area contributed by atoms with Crippen LogP contribution in [0.5, 0.6) is 0 Å². The molecule has 9 nitrogen and oxygen atoms in total. The molecule has 1 aromatic carbocycles. The van der Waals surface area contributed by atoms with Crippen LogP contribution in [0.2, 0.25) is 0 Å². The fourth-order valence-corrected chi connectivity index (χ4v) is 3.31. The highest BCUT2D eigenvalue weighted by atomic mass is 32.1. The molecule has 140 valence electrons. The van der Waals surface area contributed by atoms with Gasteiger partial charge in [-0.05, 0) is 26.0 Å². The number of aromatic nitrogens is 5. The van der Waals surface area contributed by atoms with Gasteiger partial charge in [-0.3, -0.25) is 4.79 Å². The zero-order chi connectivity index (χ0) is 19.6. The third-order valence-electron chi connectivity index (χ3n) is 3.80. The van der Waals surface area contributed by atoms with Gasteiger partial charge in [-0.1, -0.05) is 29.8 Å². The topological polar surface area (TPSA) is 123 Å². The zero-order valence-corrected chi connectivity index (χ0v) is 15.8. The van der Waals surface area contributed by atoms with Crippen molar-refractivity contribution in [1.29, 1.82) is 0 Å². The number of rotatable bonds is 6. The number of nitrogens with zero attached hydrogens (tertiary/aromatic N) is 5. The predicted molar refractivity (Wildman–Crippen MR) is 98.4 cm³/mol. The lowest BCUT2D eigenvalue weighted by Crippen LogP contribution is -2.30. The minimum Gasteiger partial charge on any atom is -0.477 e. The molecular formula is C17H18N6O3S. The van der Waals surface area contributed by atoms with Crippen LogP contribution in [0, 0.1) is 13.8 Å². The minimum absolute atomic E-state index is 0.0979. The molecule has 0 bridgehead atoms. The summed E-state index contributed by atoms with van der Waals surface area (Å²) >= 11 is 1.05. The van der Waals surface area contributed by atoms with Gasteiger partial charge in [-0.15, -0.1) is 21.5 Å². The van der Waals surface area contributed by atoms with E-state index in [1.165, 1.54) is 4.80 Å². The van der Waals surface area contributed by atoms with E-state index >= 15 is 0 Å². The van der Waals surface area contributed by atoms with Crippen molar-refractivity contribution in [2.24, 2.45) is 0 Å². The summed E-state index contributed by atoms with van der Waals surface area (Å²) in [6.07, 6.45) is 0. The van der Waals surface area contributed by atoms with Gasteiger partial charge in [0.2, 0.25) is 11.7 Å². The summed E-state index contributed by atoms with van der Waals surface area (Å²) in [4.78, 5) is 29.0. The average molecular weight is 386 g/mol. The lowest BCUT2D eigenvalue weighted by Gasteiger charge is -2.10. The lowest BCUT2D eigenvalue weighted by molar-refractivity contribution is -0.122.